The molecule has 1 heterocycles. The van der Waals surface area contributed by atoms with E-state index < -0.39 is 0 Å². The molecule has 1 aliphatic rings. The Morgan fingerprint density at radius 2 is 2.33 bits per heavy atom. The summed E-state index contributed by atoms with van der Waals surface area (Å²) in [5, 5.41) is 0. The highest BCUT2D eigenvalue weighted by atomic mass is 79.9. The minimum absolute atomic E-state index is 0.616. The Bertz CT molecular complexity index is 131. The standard InChI is InChI=1S/C7H12BrN/c1-5(2)9-4-7(9)6(3)8/h5,7H,3-4H2,1-2H3/t7-,9?/m1/s1. The van der Waals surface area contributed by atoms with Gasteiger partial charge >= 0.3 is 0 Å². The first-order valence-corrected chi connectivity index (χ1v) is 4.02. The molecule has 0 amide bonds. The average molecular weight is 190 g/mol. The van der Waals surface area contributed by atoms with Gasteiger partial charge in [-0.2, -0.15) is 0 Å². The highest BCUT2D eigenvalue weighted by Crippen LogP contribution is 2.29. The molecule has 1 aliphatic heterocycles. The molecular weight excluding hydrogens is 178 g/mol. The predicted molar refractivity (Wildman–Crippen MR) is 43.7 cm³/mol. The molecule has 2 heteroatoms. The van der Waals surface area contributed by atoms with E-state index in [1.54, 1.807) is 0 Å². The Labute approximate surface area is 64.9 Å². The fourth-order valence-corrected chi connectivity index (χ4v) is 1.41. The molecule has 2 atom stereocenters. The Morgan fingerprint density at radius 1 is 1.78 bits per heavy atom. The van der Waals surface area contributed by atoms with E-state index in [9.17, 15) is 0 Å². The monoisotopic (exact) mass is 189 g/mol. The second kappa shape index (κ2) is 2.43. The molecular formula is C7H12BrN. The van der Waals surface area contributed by atoms with Crippen molar-refractivity contribution >= 4 is 15.9 Å². The third-order valence-electron chi connectivity index (χ3n) is 1.68. The predicted octanol–water partition coefficient (Wildman–Crippen LogP) is 1.99. The van der Waals surface area contributed by atoms with Crippen LogP contribution in [0.25, 0.3) is 0 Å². The lowest BCUT2D eigenvalue weighted by Gasteiger charge is -2.04. The first kappa shape index (κ1) is 7.29. The van der Waals surface area contributed by atoms with Gasteiger partial charge in [0.25, 0.3) is 0 Å². The van der Waals surface area contributed by atoms with Crippen molar-refractivity contribution in [3.05, 3.63) is 11.1 Å². The van der Waals surface area contributed by atoms with Gasteiger partial charge in [0.05, 0.1) is 6.04 Å². The van der Waals surface area contributed by atoms with E-state index in [0.29, 0.717) is 12.1 Å². The fraction of sp³-hybridized carbons (Fsp3) is 0.714. The molecule has 1 saturated heterocycles. The second-order valence-electron chi connectivity index (χ2n) is 2.75. The maximum atomic E-state index is 3.82. The van der Waals surface area contributed by atoms with Gasteiger partial charge < -0.3 is 0 Å². The first-order valence-electron chi connectivity index (χ1n) is 3.23. The largest absolute Gasteiger partial charge is 0.290 e. The van der Waals surface area contributed by atoms with E-state index in [0.717, 1.165) is 4.48 Å². The normalized spacial score (nSPS) is 32.9. The number of rotatable bonds is 2. The zero-order chi connectivity index (χ0) is 7.02. The molecule has 0 aliphatic carbocycles. The summed E-state index contributed by atoms with van der Waals surface area (Å²) in [4.78, 5) is 2.39. The van der Waals surface area contributed by atoms with Crippen LogP contribution in [0.1, 0.15) is 13.8 Å². The number of nitrogens with zero attached hydrogens (tertiary/aromatic N) is 1. The quantitative estimate of drug-likeness (QED) is 0.601. The first-order chi connectivity index (χ1) is 4.13. The summed E-state index contributed by atoms with van der Waals surface area (Å²) in [6, 6.07) is 1.29. The Balaban J connectivity index is 2.33. The van der Waals surface area contributed by atoms with Gasteiger partial charge in [-0.05, 0) is 13.8 Å². The van der Waals surface area contributed by atoms with Crippen molar-refractivity contribution in [2.75, 3.05) is 6.54 Å². The topological polar surface area (TPSA) is 3.01 Å². The molecule has 0 N–H and O–H groups in total. The summed E-state index contributed by atoms with van der Waals surface area (Å²) >= 11 is 3.37. The van der Waals surface area contributed by atoms with Crippen LogP contribution in [-0.4, -0.2) is 23.5 Å². The minimum Gasteiger partial charge on any atom is -0.290 e. The van der Waals surface area contributed by atoms with Crippen LogP contribution < -0.4 is 0 Å². The molecule has 1 nitrogen and oxygen atoms in total. The summed E-state index contributed by atoms with van der Waals surface area (Å²) in [7, 11) is 0. The molecule has 1 rings (SSSR count). The second-order valence-corrected chi connectivity index (χ2v) is 3.77. The maximum Gasteiger partial charge on any atom is 0.0538 e. The third kappa shape index (κ3) is 1.55. The fourth-order valence-electron chi connectivity index (χ4n) is 1.00. The molecule has 9 heavy (non-hydrogen) atoms. The van der Waals surface area contributed by atoms with Crippen molar-refractivity contribution < 1.29 is 0 Å². The SMILES string of the molecule is C=C(Br)[C@H]1CN1C(C)C. The smallest absolute Gasteiger partial charge is 0.0538 e. The molecule has 0 spiro atoms. The van der Waals surface area contributed by atoms with Gasteiger partial charge in [0.2, 0.25) is 0 Å². The van der Waals surface area contributed by atoms with Gasteiger partial charge in [-0.3, -0.25) is 4.90 Å². The van der Waals surface area contributed by atoms with E-state index in [-0.39, 0.29) is 0 Å². The van der Waals surface area contributed by atoms with Crippen LogP contribution in [0, 0.1) is 0 Å². The van der Waals surface area contributed by atoms with E-state index in [1.807, 2.05) is 0 Å². The van der Waals surface area contributed by atoms with E-state index in [1.165, 1.54) is 6.54 Å². The van der Waals surface area contributed by atoms with Crippen LogP contribution >= 0.6 is 15.9 Å². The average Bonchev–Trinajstić information content (AvgIpc) is 2.39. The molecule has 0 radical (unpaired) electrons. The third-order valence-corrected chi connectivity index (χ3v) is 2.20. The van der Waals surface area contributed by atoms with Crippen LogP contribution in [0.3, 0.4) is 0 Å². The lowest BCUT2D eigenvalue weighted by molar-refractivity contribution is 0.439. The summed E-state index contributed by atoms with van der Waals surface area (Å²) < 4.78 is 1.12. The molecule has 1 fully saturated rings. The minimum atomic E-state index is 0.616. The molecule has 0 aromatic heterocycles. The van der Waals surface area contributed by atoms with Gasteiger partial charge in [0.15, 0.2) is 0 Å². The number of halogens is 1. The lowest BCUT2D eigenvalue weighted by atomic mass is 10.4. The number of hydrogen-bond acceptors (Lipinski definition) is 1. The molecule has 1 unspecified atom stereocenters. The molecule has 0 saturated carbocycles. The Kier molecular flexibility index (Phi) is 1.97. The summed E-state index contributed by atoms with van der Waals surface area (Å²) in [5.74, 6) is 0. The van der Waals surface area contributed by atoms with Gasteiger partial charge in [0.1, 0.15) is 0 Å². The van der Waals surface area contributed by atoms with Crippen molar-refractivity contribution in [1.29, 1.82) is 0 Å². The molecule has 0 aromatic rings. The molecule has 0 bridgehead atoms. The lowest BCUT2D eigenvalue weighted by Crippen LogP contribution is -2.11. The van der Waals surface area contributed by atoms with Crippen molar-refractivity contribution in [2.24, 2.45) is 0 Å². The van der Waals surface area contributed by atoms with Crippen LogP contribution in [0.4, 0.5) is 0 Å². The van der Waals surface area contributed by atoms with E-state index in [2.05, 4.69) is 41.3 Å². The Hall–Kier alpha value is 0.180. The number of hydrogen-bond donors (Lipinski definition) is 0. The van der Waals surface area contributed by atoms with Crippen LogP contribution in [0.5, 0.6) is 0 Å². The zero-order valence-corrected chi connectivity index (χ0v) is 7.48. The van der Waals surface area contributed by atoms with Crippen LogP contribution in [0.2, 0.25) is 0 Å². The molecule has 0 aromatic carbocycles. The Morgan fingerprint density at radius 3 is 2.44 bits per heavy atom. The van der Waals surface area contributed by atoms with Gasteiger partial charge in [0, 0.05) is 17.1 Å². The summed E-state index contributed by atoms with van der Waals surface area (Å²) in [5.41, 5.74) is 0. The van der Waals surface area contributed by atoms with Gasteiger partial charge in [-0.25, -0.2) is 0 Å². The van der Waals surface area contributed by atoms with Crippen LogP contribution in [-0.2, 0) is 0 Å². The van der Waals surface area contributed by atoms with Crippen molar-refractivity contribution in [3.63, 3.8) is 0 Å². The highest BCUT2D eigenvalue weighted by molar-refractivity contribution is 9.11. The van der Waals surface area contributed by atoms with Crippen molar-refractivity contribution in [1.82, 2.24) is 4.90 Å². The maximum absolute atomic E-state index is 3.82. The van der Waals surface area contributed by atoms with Crippen molar-refractivity contribution in [2.45, 2.75) is 25.9 Å². The summed E-state index contributed by atoms with van der Waals surface area (Å²) in [6.07, 6.45) is 0. The summed E-state index contributed by atoms with van der Waals surface area (Å²) in [6.45, 7) is 9.42. The van der Waals surface area contributed by atoms with E-state index in [4.69, 9.17) is 0 Å². The van der Waals surface area contributed by atoms with Gasteiger partial charge in [-0.15, -0.1) is 0 Å². The molecule has 52 valence electrons. The van der Waals surface area contributed by atoms with Crippen molar-refractivity contribution in [3.8, 4) is 0 Å². The van der Waals surface area contributed by atoms with E-state index >= 15 is 0 Å². The van der Waals surface area contributed by atoms with Gasteiger partial charge in [-0.1, -0.05) is 22.5 Å². The highest BCUT2D eigenvalue weighted by Gasteiger charge is 2.36. The van der Waals surface area contributed by atoms with Crippen LogP contribution in [0.15, 0.2) is 11.1 Å². The zero-order valence-electron chi connectivity index (χ0n) is 5.89.